The Labute approximate surface area is 302 Å². The van der Waals surface area contributed by atoms with Crippen molar-refractivity contribution in [2.75, 3.05) is 19.8 Å². The van der Waals surface area contributed by atoms with Gasteiger partial charge in [0.2, 0.25) is 0 Å². The van der Waals surface area contributed by atoms with Gasteiger partial charge in [0.25, 0.3) is 0 Å². The summed E-state index contributed by atoms with van der Waals surface area (Å²) < 4.78 is 30.6. The minimum Gasteiger partial charge on any atom is -0.457 e. The Bertz CT molecular complexity index is 1680. The highest BCUT2D eigenvalue weighted by atomic mass is 32.2. The van der Waals surface area contributed by atoms with Crippen molar-refractivity contribution in [2.45, 2.75) is 14.7 Å². The number of carbonyl (C=O) groups excluding carboxylic acids is 6. The van der Waals surface area contributed by atoms with Crippen LogP contribution in [0.2, 0.25) is 0 Å². The Balaban J connectivity index is 1.84. The molecule has 0 aromatic heterocycles. The minimum atomic E-state index is -0.807. The van der Waals surface area contributed by atoms with Gasteiger partial charge in [0.15, 0.2) is 14.7 Å². The Morgan fingerprint density at radius 2 is 0.673 bits per heavy atom. The molecule has 0 heterocycles. The van der Waals surface area contributed by atoms with Crippen LogP contribution in [0.4, 0.5) is 0 Å². The highest BCUT2D eigenvalue weighted by Gasteiger charge is 2.30. The molecule has 13 heteroatoms. The average Bonchev–Trinajstić information content (AvgIpc) is 3.16. The second-order valence-corrected chi connectivity index (χ2v) is 12.2. The maximum absolute atomic E-state index is 12.5. The fraction of sp³-hybridized carbons (Fsp3) is 0.0769. The summed E-state index contributed by atoms with van der Waals surface area (Å²) in [7, 11) is -0.807. The second kappa shape index (κ2) is 19.5. The molecule has 0 aliphatic heterocycles. The maximum Gasteiger partial charge on any atom is 0.342 e. The SMILES string of the molecule is C=CC(=O)OCC(=C)C(=O)Oc1ccc([S+](c2ccc(OC(=O)C(=C)COC(=O)C=C)cc2)c2ccc(OC(=O)C(=C)COC(=O)C=C)cc2)cc1. The van der Waals surface area contributed by atoms with Gasteiger partial charge in [-0.15, -0.1) is 0 Å². The molecule has 0 unspecified atom stereocenters. The fourth-order valence-electron chi connectivity index (χ4n) is 3.71. The van der Waals surface area contributed by atoms with Crippen LogP contribution < -0.4 is 14.2 Å². The van der Waals surface area contributed by atoms with Crippen LogP contribution in [-0.2, 0) is 53.9 Å². The number of hydrogen-bond acceptors (Lipinski definition) is 12. The summed E-state index contributed by atoms with van der Waals surface area (Å²) in [4.78, 5) is 73.7. The summed E-state index contributed by atoms with van der Waals surface area (Å²) in [6, 6.07) is 20.0. The first-order chi connectivity index (χ1) is 24.8. The minimum absolute atomic E-state index is 0.0803. The summed E-state index contributed by atoms with van der Waals surface area (Å²) >= 11 is 0. The topological polar surface area (TPSA) is 158 Å². The Hall–Kier alpha value is -6.73. The standard InChI is InChI=1S/C39H33O12S/c1-7-34(40)46-22-25(4)37(43)49-28-10-16-31(17-11-28)52(32-18-12-29(13-19-32)50-38(44)26(5)23-47-35(41)8-2)33-20-14-30(15-21-33)51-39(45)27(6)24-48-36(42)9-3/h7-21H,1-6,22-24H2/q+1. The number of ether oxygens (including phenoxy) is 6. The van der Waals surface area contributed by atoms with Crippen LogP contribution >= 0.6 is 0 Å². The van der Waals surface area contributed by atoms with Crippen molar-refractivity contribution in [2.24, 2.45) is 0 Å². The Morgan fingerprint density at radius 3 is 0.885 bits per heavy atom. The molecule has 0 aliphatic carbocycles. The summed E-state index contributed by atoms with van der Waals surface area (Å²) in [5.74, 6) is -3.89. The van der Waals surface area contributed by atoms with E-state index in [1.807, 2.05) is 0 Å². The average molecular weight is 726 g/mol. The lowest BCUT2D eigenvalue weighted by Gasteiger charge is -2.12. The predicted molar refractivity (Wildman–Crippen MR) is 189 cm³/mol. The molecule has 52 heavy (non-hydrogen) atoms. The van der Waals surface area contributed by atoms with Crippen molar-refractivity contribution in [3.8, 4) is 17.2 Å². The highest BCUT2D eigenvalue weighted by molar-refractivity contribution is 7.97. The summed E-state index contributed by atoms with van der Waals surface area (Å²) in [5, 5.41) is 0. The monoisotopic (exact) mass is 725 g/mol. The third kappa shape index (κ3) is 12.0. The van der Waals surface area contributed by atoms with Crippen molar-refractivity contribution in [3.05, 3.63) is 147 Å². The van der Waals surface area contributed by atoms with E-state index in [1.165, 1.54) is 0 Å². The van der Waals surface area contributed by atoms with Crippen molar-refractivity contribution in [1.29, 1.82) is 0 Å². The van der Waals surface area contributed by atoms with Gasteiger partial charge in [0.05, 0.1) is 27.6 Å². The second-order valence-electron chi connectivity index (χ2n) is 10.1. The lowest BCUT2D eigenvalue weighted by atomic mass is 10.3. The largest absolute Gasteiger partial charge is 0.457 e. The lowest BCUT2D eigenvalue weighted by Crippen LogP contribution is -2.16. The zero-order valence-corrected chi connectivity index (χ0v) is 28.6. The van der Waals surface area contributed by atoms with E-state index in [9.17, 15) is 28.8 Å². The lowest BCUT2D eigenvalue weighted by molar-refractivity contribution is -0.139. The van der Waals surface area contributed by atoms with Gasteiger partial charge in [0.1, 0.15) is 37.1 Å². The highest BCUT2D eigenvalue weighted by Crippen LogP contribution is 2.34. The Morgan fingerprint density at radius 1 is 0.442 bits per heavy atom. The van der Waals surface area contributed by atoms with Crippen molar-refractivity contribution in [3.63, 3.8) is 0 Å². The maximum atomic E-state index is 12.5. The molecule has 0 saturated carbocycles. The molecular formula is C39H33O12S+. The summed E-state index contributed by atoms with van der Waals surface area (Å²) in [6.07, 6.45) is 2.88. The zero-order valence-electron chi connectivity index (χ0n) is 27.8. The fourth-order valence-corrected chi connectivity index (χ4v) is 5.75. The quantitative estimate of drug-likeness (QED) is 0.0545. The number of carbonyl (C=O) groups is 6. The van der Waals surface area contributed by atoms with E-state index in [0.29, 0.717) is 0 Å². The molecular weight excluding hydrogens is 692 g/mol. The van der Waals surface area contributed by atoms with E-state index >= 15 is 0 Å². The number of esters is 6. The summed E-state index contributed by atoms with van der Waals surface area (Å²) in [6.45, 7) is 19.5. The summed E-state index contributed by atoms with van der Waals surface area (Å²) in [5.41, 5.74) is -0.241. The van der Waals surface area contributed by atoms with E-state index < -0.39 is 46.7 Å². The van der Waals surface area contributed by atoms with Crippen molar-refractivity contribution >= 4 is 46.7 Å². The van der Waals surface area contributed by atoms with E-state index in [1.54, 1.807) is 72.8 Å². The molecule has 0 aliphatic rings. The first-order valence-corrected chi connectivity index (χ1v) is 16.2. The van der Waals surface area contributed by atoms with Gasteiger partial charge in [-0.1, -0.05) is 39.5 Å². The molecule has 3 aromatic carbocycles. The molecule has 12 nitrogen and oxygen atoms in total. The van der Waals surface area contributed by atoms with Crippen LogP contribution in [0.25, 0.3) is 0 Å². The molecule has 0 amide bonds. The molecule has 266 valence electrons. The van der Waals surface area contributed by atoms with Gasteiger partial charge in [0, 0.05) is 18.2 Å². The van der Waals surface area contributed by atoms with Crippen LogP contribution in [0.5, 0.6) is 17.2 Å². The molecule has 0 N–H and O–H groups in total. The smallest absolute Gasteiger partial charge is 0.342 e. The molecule has 3 rings (SSSR count). The van der Waals surface area contributed by atoms with Crippen LogP contribution in [0.3, 0.4) is 0 Å². The first-order valence-electron chi connectivity index (χ1n) is 15.0. The third-order valence-corrected chi connectivity index (χ3v) is 8.57. The predicted octanol–water partition coefficient (Wildman–Crippen LogP) is 5.35. The first kappa shape index (κ1) is 39.7. The molecule has 0 fully saturated rings. The van der Waals surface area contributed by atoms with Gasteiger partial charge in [-0.3, -0.25) is 0 Å². The normalized spacial score (nSPS) is 10.1. The van der Waals surface area contributed by atoms with Crippen LogP contribution in [-0.4, -0.2) is 55.6 Å². The van der Waals surface area contributed by atoms with E-state index in [2.05, 4.69) is 39.5 Å². The third-order valence-electron chi connectivity index (χ3n) is 6.34. The number of benzene rings is 3. The van der Waals surface area contributed by atoms with E-state index in [4.69, 9.17) is 28.4 Å². The van der Waals surface area contributed by atoms with Gasteiger partial charge < -0.3 is 28.4 Å². The molecule has 0 spiro atoms. The van der Waals surface area contributed by atoms with Crippen LogP contribution in [0.15, 0.2) is 162 Å². The van der Waals surface area contributed by atoms with Crippen LogP contribution in [0, 0.1) is 0 Å². The molecule has 0 bridgehead atoms. The molecule has 0 atom stereocenters. The molecule has 0 radical (unpaired) electrons. The van der Waals surface area contributed by atoms with E-state index in [0.717, 1.165) is 32.9 Å². The zero-order chi connectivity index (χ0) is 38.2. The number of rotatable bonds is 18. The molecule has 3 aromatic rings. The number of hydrogen-bond donors (Lipinski definition) is 0. The van der Waals surface area contributed by atoms with Crippen molar-refractivity contribution in [1.82, 2.24) is 0 Å². The van der Waals surface area contributed by atoms with Crippen molar-refractivity contribution < 1.29 is 57.2 Å². The Kier molecular flexibility index (Phi) is 14.9. The van der Waals surface area contributed by atoms with Gasteiger partial charge in [-0.25, -0.2) is 28.8 Å². The van der Waals surface area contributed by atoms with E-state index in [-0.39, 0.29) is 53.8 Å². The van der Waals surface area contributed by atoms with Gasteiger partial charge in [-0.05, 0) is 72.8 Å². The van der Waals surface area contributed by atoms with Gasteiger partial charge in [-0.2, -0.15) is 0 Å². The van der Waals surface area contributed by atoms with Crippen LogP contribution in [0.1, 0.15) is 0 Å². The van der Waals surface area contributed by atoms with Gasteiger partial charge >= 0.3 is 35.8 Å². The molecule has 0 saturated heterocycles.